The average Bonchev–Trinajstić information content (AvgIpc) is 3.42. The molecule has 1 saturated heterocycles. The van der Waals surface area contributed by atoms with Crippen LogP contribution in [0.15, 0.2) is 28.9 Å². The maximum atomic E-state index is 12.6. The second-order valence-corrected chi connectivity index (χ2v) is 7.36. The number of aromatic carboxylic acids is 1. The van der Waals surface area contributed by atoms with Crippen molar-refractivity contribution in [1.29, 1.82) is 0 Å². The average molecular weight is 432 g/mol. The van der Waals surface area contributed by atoms with Crippen molar-refractivity contribution < 1.29 is 28.6 Å². The van der Waals surface area contributed by atoms with Crippen LogP contribution >= 0.6 is 0 Å². The van der Waals surface area contributed by atoms with E-state index in [0.717, 1.165) is 25.1 Å². The number of carbonyl (C=O) groups excluding carboxylic acids is 1. The lowest BCUT2D eigenvalue weighted by atomic mass is 10.1. The lowest BCUT2D eigenvalue weighted by molar-refractivity contribution is 0.0698. The van der Waals surface area contributed by atoms with Crippen LogP contribution < -0.4 is 15.1 Å². The molecule has 3 rings (SSSR count). The van der Waals surface area contributed by atoms with Crippen LogP contribution in [0.3, 0.4) is 0 Å². The number of hydrogen-bond acceptors (Lipinski definition) is 8. The number of benzene rings is 1. The summed E-state index contributed by atoms with van der Waals surface area (Å²) in [5.41, 5.74) is 1.05. The summed E-state index contributed by atoms with van der Waals surface area (Å²) in [4.78, 5) is 32.5. The maximum Gasteiger partial charge on any atom is 0.337 e. The molecule has 2 N–H and O–H groups in total. The number of aromatic nitrogens is 1. The van der Waals surface area contributed by atoms with E-state index in [9.17, 15) is 14.7 Å². The van der Waals surface area contributed by atoms with Gasteiger partial charge in [0.05, 0.1) is 30.5 Å². The molecule has 0 unspecified atom stereocenters. The van der Waals surface area contributed by atoms with Gasteiger partial charge in [0.1, 0.15) is 6.26 Å². The quantitative estimate of drug-likeness (QED) is 0.583. The fourth-order valence-corrected chi connectivity index (χ4v) is 3.59. The van der Waals surface area contributed by atoms with E-state index in [0.29, 0.717) is 19.8 Å². The van der Waals surface area contributed by atoms with Crippen LogP contribution in [0.2, 0.25) is 0 Å². The van der Waals surface area contributed by atoms with Crippen LogP contribution in [-0.4, -0.2) is 75.6 Å². The first-order valence-electron chi connectivity index (χ1n) is 10.0. The topological polar surface area (TPSA) is 117 Å². The van der Waals surface area contributed by atoms with E-state index in [1.165, 1.54) is 6.26 Å². The third-order valence-electron chi connectivity index (χ3n) is 5.23. The van der Waals surface area contributed by atoms with Crippen molar-refractivity contribution in [3.63, 3.8) is 0 Å². The fourth-order valence-electron chi connectivity index (χ4n) is 3.59. The number of nitrogens with zero attached hydrogens (tertiary/aromatic N) is 3. The zero-order chi connectivity index (χ0) is 22.4. The normalized spacial score (nSPS) is 15.8. The van der Waals surface area contributed by atoms with Crippen LogP contribution in [0, 0.1) is 0 Å². The summed E-state index contributed by atoms with van der Waals surface area (Å²) in [5, 5.41) is 12.3. The van der Waals surface area contributed by atoms with E-state index in [4.69, 9.17) is 13.9 Å². The van der Waals surface area contributed by atoms with Gasteiger partial charge in [-0.1, -0.05) is 0 Å². The predicted molar refractivity (Wildman–Crippen MR) is 115 cm³/mol. The summed E-state index contributed by atoms with van der Waals surface area (Å²) in [6.07, 6.45) is 3.24. The molecule has 1 aliphatic heterocycles. The molecule has 10 heteroatoms. The van der Waals surface area contributed by atoms with Crippen molar-refractivity contribution in [3.8, 4) is 0 Å². The van der Waals surface area contributed by atoms with E-state index in [2.05, 4.69) is 15.2 Å². The number of carbonyl (C=O) groups is 2. The molecule has 1 aliphatic rings. The van der Waals surface area contributed by atoms with Gasteiger partial charge in [0, 0.05) is 40.0 Å². The Labute approximate surface area is 180 Å². The molecule has 2 aromatic rings. The Morgan fingerprint density at radius 3 is 2.87 bits per heavy atom. The molecule has 31 heavy (non-hydrogen) atoms. The third kappa shape index (κ3) is 5.33. The molecule has 0 bridgehead atoms. The molecule has 1 fully saturated rings. The minimum Gasteiger partial charge on any atom is -0.478 e. The monoisotopic (exact) mass is 432 g/mol. The summed E-state index contributed by atoms with van der Waals surface area (Å²) < 4.78 is 15.6. The number of rotatable bonds is 10. The Morgan fingerprint density at radius 2 is 2.16 bits per heavy atom. The summed E-state index contributed by atoms with van der Waals surface area (Å²) in [7, 11) is 5.01. The summed E-state index contributed by atoms with van der Waals surface area (Å²) in [5.74, 6) is -1.68. The van der Waals surface area contributed by atoms with Crippen LogP contribution in [-0.2, 0) is 9.47 Å². The number of hydrogen-bond donors (Lipinski definition) is 2. The van der Waals surface area contributed by atoms with Crippen molar-refractivity contribution in [2.45, 2.75) is 18.9 Å². The summed E-state index contributed by atoms with van der Waals surface area (Å²) in [6.45, 7) is 2.44. The molecule has 0 radical (unpaired) electrons. The number of nitrogens with one attached hydrogen (secondary N) is 1. The minimum atomic E-state index is -1.13. The summed E-state index contributed by atoms with van der Waals surface area (Å²) in [6, 6.07) is 5.47. The van der Waals surface area contributed by atoms with E-state index in [1.807, 2.05) is 6.07 Å². The molecule has 1 amide bonds. The predicted octanol–water partition coefficient (Wildman–Crippen LogP) is 2.32. The number of carboxylic acids is 1. The van der Waals surface area contributed by atoms with Gasteiger partial charge in [0.25, 0.3) is 11.9 Å². The minimum absolute atomic E-state index is 0.00912. The van der Waals surface area contributed by atoms with Gasteiger partial charge in [-0.25, -0.2) is 4.79 Å². The highest BCUT2D eigenvalue weighted by molar-refractivity contribution is 6.07. The number of oxazole rings is 1. The van der Waals surface area contributed by atoms with Crippen molar-refractivity contribution in [2.75, 3.05) is 62.7 Å². The Bertz CT molecular complexity index is 915. The molecule has 0 spiro atoms. The van der Waals surface area contributed by atoms with Gasteiger partial charge in [0.15, 0.2) is 5.69 Å². The van der Waals surface area contributed by atoms with Gasteiger partial charge >= 0.3 is 5.97 Å². The standard InChI is InChI=1S/C21H28N4O6/c1-24(9-10-29-2)21-23-18(13-31-21)19(26)22-17-7-6-14(11-16(17)20(27)28)25-8-4-5-15(25)12-30-3/h6-7,11,13,15H,4-5,8-10,12H2,1-3H3,(H,22,26)(H,27,28)/t15-/m1/s1. The molecule has 0 aliphatic carbocycles. The molecular weight excluding hydrogens is 404 g/mol. The van der Waals surface area contributed by atoms with Crippen LogP contribution in [0.4, 0.5) is 17.4 Å². The van der Waals surface area contributed by atoms with Crippen molar-refractivity contribution in [2.24, 2.45) is 0 Å². The largest absolute Gasteiger partial charge is 0.478 e. The Balaban J connectivity index is 1.76. The molecular formula is C21H28N4O6. The van der Waals surface area contributed by atoms with Crippen LogP contribution in [0.1, 0.15) is 33.7 Å². The fraction of sp³-hybridized carbons (Fsp3) is 0.476. The third-order valence-corrected chi connectivity index (χ3v) is 5.23. The highest BCUT2D eigenvalue weighted by atomic mass is 16.5. The van der Waals surface area contributed by atoms with Crippen molar-refractivity contribution in [3.05, 3.63) is 35.7 Å². The van der Waals surface area contributed by atoms with E-state index >= 15 is 0 Å². The molecule has 168 valence electrons. The zero-order valence-corrected chi connectivity index (χ0v) is 18.0. The van der Waals surface area contributed by atoms with Gasteiger partial charge in [-0.05, 0) is 31.0 Å². The molecule has 1 atom stereocenters. The van der Waals surface area contributed by atoms with Gasteiger partial charge in [-0.3, -0.25) is 4.79 Å². The van der Waals surface area contributed by atoms with Crippen molar-refractivity contribution in [1.82, 2.24) is 4.98 Å². The molecule has 1 aromatic heterocycles. The molecule has 2 heterocycles. The number of methoxy groups -OCH3 is 2. The molecule has 10 nitrogen and oxygen atoms in total. The highest BCUT2D eigenvalue weighted by Crippen LogP contribution is 2.30. The first-order valence-corrected chi connectivity index (χ1v) is 10.0. The maximum absolute atomic E-state index is 12.6. The number of amides is 1. The van der Waals surface area contributed by atoms with Crippen molar-refractivity contribution >= 4 is 29.3 Å². The molecule has 0 saturated carbocycles. The second kappa shape index (κ2) is 10.3. The smallest absolute Gasteiger partial charge is 0.337 e. The number of carboxylic acid groups (broad SMARTS) is 1. The van der Waals surface area contributed by atoms with Gasteiger partial charge in [-0.15, -0.1) is 0 Å². The van der Waals surface area contributed by atoms with Crippen LogP contribution in [0.25, 0.3) is 0 Å². The number of anilines is 3. The second-order valence-electron chi connectivity index (χ2n) is 7.36. The van der Waals surface area contributed by atoms with E-state index < -0.39 is 11.9 Å². The Morgan fingerprint density at radius 1 is 1.35 bits per heavy atom. The lowest BCUT2D eigenvalue weighted by Crippen LogP contribution is -2.32. The Hall–Kier alpha value is -3.11. The van der Waals surface area contributed by atoms with Gasteiger partial charge in [-0.2, -0.15) is 4.98 Å². The van der Waals surface area contributed by atoms with Gasteiger partial charge in [0.2, 0.25) is 0 Å². The Kier molecular flexibility index (Phi) is 7.48. The first-order chi connectivity index (χ1) is 14.9. The SMILES string of the molecule is COCCN(C)c1nc(C(=O)Nc2ccc(N3CCC[C@@H]3COC)cc2C(=O)O)co1. The summed E-state index contributed by atoms with van der Waals surface area (Å²) >= 11 is 0. The number of likely N-dealkylation sites (N-methyl/N-ethyl adjacent to an activating group) is 1. The van der Waals surface area contributed by atoms with Crippen LogP contribution in [0.5, 0.6) is 0 Å². The van der Waals surface area contributed by atoms with E-state index in [-0.39, 0.29) is 29.0 Å². The zero-order valence-electron chi connectivity index (χ0n) is 18.0. The van der Waals surface area contributed by atoms with E-state index in [1.54, 1.807) is 38.3 Å². The molecule has 1 aromatic carbocycles. The highest BCUT2D eigenvalue weighted by Gasteiger charge is 2.26. The first kappa shape index (κ1) is 22.6. The van der Waals surface area contributed by atoms with Gasteiger partial charge < -0.3 is 34.1 Å². The lowest BCUT2D eigenvalue weighted by Gasteiger charge is -2.27. The number of ether oxygens (including phenoxy) is 2.